The Bertz CT molecular complexity index is 1400. The van der Waals surface area contributed by atoms with E-state index in [2.05, 4.69) is 5.32 Å². The minimum Gasteiger partial charge on any atom is -0.510 e. The zero-order chi connectivity index (χ0) is 30.0. The molecule has 1 aromatic rings. The molecule has 3 unspecified atom stereocenters. The standard InChI is InChI=1S/C27H35N5O8/c1-30(2)15-9-14(29-10-16(33)31(3)4)21(34)18-12(15)7-11-8-13-20(32(5)6)23(36)19(26(28)39)25(38)27(13,40)24(37)17(11)22(18)35/h9,11,13,20,29,34,36-37,40H,7-8,10H2,1-6H3,(H2,28,39)/t11?,13?,20-,27?/m0/s1. The van der Waals surface area contributed by atoms with E-state index in [0.717, 1.165) is 0 Å². The minimum atomic E-state index is -2.71. The Morgan fingerprint density at radius 1 is 1.10 bits per heavy atom. The van der Waals surface area contributed by atoms with Crippen LogP contribution >= 0.6 is 0 Å². The monoisotopic (exact) mass is 557 g/mol. The van der Waals surface area contributed by atoms with Gasteiger partial charge >= 0.3 is 0 Å². The summed E-state index contributed by atoms with van der Waals surface area (Å²) in [4.78, 5) is 56.3. The van der Waals surface area contributed by atoms with Crippen LogP contribution in [0.15, 0.2) is 28.7 Å². The first-order chi connectivity index (χ1) is 18.5. The number of nitrogens with one attached hydrogen (secondary N) is 1. The van der Waals surface area contributed by atoms with Crippen LogP contribution < -0.4 is 16.0 Å². The topological polar surface area (TPSA) is 197 Å². The number of nitrogens with zero attached hydrogens (tertiary/aromatic N) is 3. The molecule has 13 nitrogen and oxygen atoms in total. The van der Waals surface area contributed by atoms with Crippen molar-refractivity contribution in [3.63, 3.8) is 0 Å². The van der Waals surface area contributed by atoms with Gasteiger partial charge in [-0.25, -0.2) is 0 Å². The van der Waals surface area contributed by atoms with Crippen molar-refractivity contribution in [1.29, 1.82) is 0 Å². The lowest BCUT2D eigenvalue weighted by Crippen LogP contribution is -2.63. The maximum Gasteiger partial charge on any atom is 0.255 e. The normalized spacial score (nSPS) is 25.9. The molecule has 0 aliphatic heterocycles. The first-order valence-electron chi connectivity index (χ1n) is 12.7. The molecule has 216 valence electrons. The lowest BCUT2D eigenvalue weighted by Gasteiger charge is -2.50. The van der Waals surface area contributed by atoms with Crippen molar-refractivity contribution >= 4 is 34.8 Å². The molecule has 1 aromatic carbocycles. The smallest absolute Gasteiger partial charge is 0.255 e. The maximum atomic E-state index is 14.0. The predicted molar refractivity (Wildman–Crippen MR) is 145 cm³/mol. The number of hydrogen-bond acceptors (Lipinski definition) is 11. The van der Waals surface area contributed by atoms with Crippen LogP contribution in [0.3, 0.4) is 0 Å². The Labute approximate surface area is 231 Å². The Hall–Kier alpha value is -4.10. The van der Waals surface area contributed by atoms with E-state index >= 15 is 0 Å². The van der Waals surface area contributed by atoms with Gasteiger partial charge in [0, 0.05) is 45.4 Å². The summed E-state index contributed by atoms with van der Waals surface area (Å²) >= 11 is 0. The first kappa shape index (κ1) is 28.9. The number of hydrogen-bond donors (Lipinski definition) is 6. The molecule has 3 aliphatic carbocycles. The minimum absolute atomic E-state index is 0.00324. The van der Waals surface area contributed by atoms with E-state index < -0.39 is 63.8 Å². The van der Waals surface area contributed by atoms with Crippen LogP contribution in [0.2, 0.25) is 0 Å². The van der Waals surface area contributed by atoms with Crippen molar-refractivity contribution in [2.75, 3.05) is 59.0 Å². The summed E-state index contributed by atoms with van der Waals surface area (Å²) in [5, 5.41) is 48.1. The van der Waals surface area contributed by atoms with E-state index in [0.29, 0.717) is 11.3 Å². The van der Waals surface area contributed by atoms with Gasteiger partial charge in [0.2, 0.25) is 11.7 Å². The van der Waals surface area contributed by atoms with Gasteiger partial charge in [-0.2, -0.15) is 0 Å². The fraction of sp³-hybridized carbons (Fsp3) is 0.481. The highest BCUT2D eigenvalue weighted by atomic mass is 16.3. The molecule has 2 amide bonds. The number of ketones is 2. The fourth-order valence-corrected chi connectivity index (χ4v) is 6.16. The molecule has 7 N–H and O–H groups in total. The number of benzene rings is 1. The molecule has 0 saturated heterocycles. The molecule has 0 fully saturated rings. The zero-order valence-corrected chi connectivity index (χ0v) is 23.3. The number of allylic oxidation sites excluding steroid dienone is 1. The van der Waals surface area contributed by atoms with E-state index in [4.69, 9.17) is 5.73 Å². The number of carbonyl (C=O) groups excluding carboxylic acids is 4. The summed E-state index contributed by atoms with van der Waals surface area (Å²) in [5.74, 6) is -7.43. The van der Waals surface area contributed by atoms with E-state index in [1.807, 2.05) is 0 Å². The van der Waals surface area contributed by atoms with Crippen LogP contribution in [-0.4, -0.2) is 114 Å². The number of aliphatic hydroxyl groups is 3. The predicted octanol–water partition coefficient (Wildman–Crippen LogP) is -0.313. The number of fused-ring (bicyclic) bond motifs is 3. The van der Waals surface area contributed by atoms with Gasteiger partial charge < -0.3 is 41.3 Å². The lowest BCUT2D eigenvalue weighted by molar-refractivity contribution is -0.148. The number of nitrogens with two attached hydrogens (primary N) is 1. The number of aliphatic hydroxyl groups excluding tert-OH is 2. The van der Waals surface area contributed by atoms with Crippen molar-refractivity contribution in [2.45, 2.75) is 24.5 Å². The van der Waals surface area contributed by atoms with Gasteiger partial charge in [0.1, 0.15) is 22.8 Å². The van der Waals surface area contributed by atoms with Crippen LogP contribution in [0, 0.1) is 11.8 Å². The third kappa shape index (κ3) is 4.07. The third-order valence-electron chi connectivity index (χ3n) is 8.11. The van der Waals surface area contributed by atoms with Crippen molar-refractivity contribution < 1.29 is 39.6 Å². The van der Waals surface area contributed by atoms with Gasteiger partial charge in [-0.05, 0) is 44.5 Å². The first-order valence-corrected chi connectivity index (χ1v) is 12.7. The number of rotatable bonds is 6. The Morgan fingerprint density at radius 3 is 2.25 bits per heavy atom. The molecule has 40 heavy (non-hydrogen) atoms. The Kier molecular flexibility index (Phi) is 7.10. The zero-order valence-electron chi connectivity index (χ0n) is 23.3. The van der Waals surface area contributed by atoms with E-state index in [1.54, 1.807) is 53.3 Å². The number of Topliss-reactive ketones (excluding diaryl/α,β-unsaturated/α-hetero) is 2. The second kappa shape index (κ2) is 9.82. The van der Waals surface area contributed by atoms with Gasteiger partial charge in [0.25, 0.3) is 5.91 Å². The number of primary amides is 1. The van der Waals surface area contributed by atoms with Crippen LogP contribution in [0.1, 0.15) is 22.3 Å². The quantitative estimate of drug-likeness (QED) is 0.198. The second-order valence-corrected chi connectivity index (χ2v) is 11.1. The van der Waals surface area contributed by atoms with Crippen molar-refractivity contribution in [3.05, 3.63) is 39.9 Å². The summed E-state index contributed by atoms with van der Waals surface area (Å²) in [6.07, 6.45) is 0.156. The summed E-state index contributed by atoms with van der Waals surface area (Å²) in [6.45, 7) is -0.162. The number of anilines is 2. The molecule has 0 heterocycles. The Morgan fingerprint density at radius 2 is 1.73 bits per heavy atom. The molecular weight excluding hydrogens is 522 g/mol. The van der Waals surface area contributed by atoms with Crippen LogP contribution in [0.5, 0.6) is 5.75 Å². The van der Waals surface area contributed by atoms with Gasteiger partial charge in [0.05, 0.1) is 23.8 Å². The average Bonchev–Trinajstić information content (AvgIpc) is 2.84. The van der Waals surface area contributed by atoms with Crippen molar-refractivity contribution in [3.8, 4) is 5.75 Å². The molecule has 4 rings (SSSR count). The second-order valence-electron chi connectivity index (χ2n) is 11.1. The highest BCUT2D eigenvalue weighted by Crippen LogP contribution is 2.53. The van der Waals surface area contributed by atoms with Crippen LogP contribution in [0.4, 0.5) is 11.4 Å². The lowest BCUT2D eigenvalue weighted by atomic mass is 9.58. The van der Waals surface area contributed by atoms with Gasteiger partial charge in [-0.1, -0.05) is 0 Å². The maximum absolute atomic E-state index is 14.0. The van der Waals surface area contributed by atoms with Crippen LogP contribution in [-0.2, 0) is 20.8 Å². The van der Waals surface area contributed by atoms with E-state index in [1.165, 1.54) is 9.80 Å². The molecule has 0 radical (unpaired) electrons. The number of carbonyl (C=O) groups is 4. The number of amides is 2. The third-order valence-corrected chi connectivity index (χ3v) is 8.11. The van der Waals surface area contributed by atoms with Gasteiger partial charge in [0.15, 0.2) is 11.4 Å². The molecule has 0 spiro atoms. The Balaban J connectivity index is 1.92. The summed E-state index contributed by atoms with van der Waals surface area (Å²) < 4.78 is 0. The number of phenols is 1. The number of aromatic hydroxyl groups is 1. The summed E-state index contributed by atoms with van der Waals surface area (Å²) in [5.41, 5.74) is 2.61. The van der Waals surface area contributed by atoms with E-state index in [-0.39, 0.29) is 42.1 Å². The average molecular weight is 558 g/mol. The highest BCUT2D eigenvalue weighted by molar-refractivity contribution is 6.25. The summed E-state index contributed by atoms with van der Waals surface area (Å²) in [7, 11) is 9.81. The molecule has 0 saturated carbocycles. The molecule has 0 aromatic heterocycles. The molecule has 0 bridgehead atoms. The molecule has 3 aliphatic rings. The molecule has 4 atom stereocenters. The highest BCUT2D eigenvalue weighted by Gasteiger charge is 2.63. The van der Waals surface area contributed by atoms with Gasteiger partial charge in [-0.3, -0.25) is 24.1 Å². The largest absolute Gasteiger partial charge is 0.510 e. The van der Waals surface area contributed by atoms with E-state index in [9.17, 15) is 39.6 Å². The van der Waals surface area contributed by atoms with Crippen LogP contribution in [0.25, 0.3) is 0 Å². The molecular formula is C27H35N5O8. The van der Waals surface area contributed by atoms with Crippen molar-refractivity contribution in [2.24, 2.45) is 17.6 Å². The van der Waals surface area contributed by atoms with Gasteiger partial charge in [-0.15, -0.1) is 0 Å². The SMILES string of the molecule is CN(C)C(=O)CNc1cc(N(C)C)c2c(c1O)C(=O)C1=C(O)C3(O)C(=O)C(C(N)=O)=C(O)[C@@H](N(C)C)C3CC1C2. The van der Waals surface area contributed by atoms with Crippen molar-refractivity contribution in [1.82, 2.24) is 9.80 Å². The molecule has 13 heteroatoms. The summed E-state index contributed by atoms with van der Waals surface area (Å²) in [6, 6.07) is 0.561. The number of likely N-dealkylation sites (N-methyl/N-ethyl adjacent to an activating group) is 2. The fourth-order valence-electron chi connectivity index (χ4n) is 6.16. The number of phenolic OH excluding ortho intramolecular Hbond substituents is 1.